The van der Waals surface area contributed by atoms with E-state index in [1.807, 2.05) is 4.57 Å². The molecule has 0 bridgehead atoms. The molecular formula is C23H19Cl2F6FeN3. The van der Waals surface area contributed by atoms with Gasteiger partial charge in [-0.1, -0.05) is 0 Å². The van der Waals surface area contributed by atoms with Gasteiger partial charge in [-0.25, -0.2) is 0 Å². The Kier molecular flexibility index (Phi) is 10.0. The molecule has 1 heterocycles. The number of alkyl halides is 6. The summed E-state index contributed by atoms with van der Waals surface area (Å²) in [5.41, 5.74) is 1.89. The van der Waals surface area contributed by atoms with Crippen LogP contribution in [0.15, 0.2) is 70.6 Å². The van der Waals surface area contributed by atoms with Crippen LogP contribution in [0.5, 0.6) is 0 Å². The topological polar surface area (TPSA) is 29.6 Å². The van der Waals surface area contributed by atoms with Gasteiger partial charge in [0.1, 0.15) is 0 Å². The molecule has 0 unspecified atom stereocenters. The first-order chi connectivity index (χ1) is 16.3. The average Bonchev–Trinajstić information content (AvgIpc) is 3.15. The molecule has 3 aromatic rings. The Labute approximate surface area is 213 Å². The summed E-state index contributed by atoms with van der Waals surface area (Å²) in [6.07, 6.45) is -8.82. The van der Waals surface area contributed by atoms with E-state index in [4.69, 9.17) is 20.2 Å². The van der Waals surface area contributed by atoms with Crippen molar-refractivity contribution < 1.29 is 39.5 Å². The van der Waals surface area contributed by atoms with E-state index in [-0.39, 0.29) is 13.1 Å². The molecule has 12 heteroatoms. The number of hydrogen-bond acceptors (Lipinski definition) is 2. The molecule has 0 aliphatic rings. The molecule has 0 aliphatic heterocycles. The minimum atomic E-state index is -4.41. The van der Waals surface area contributed by atoms with Crippen molar-refractivity contribution in [1.29, 1.82) is 0 Å². The van der Waals surface area contributed by atoms with E-state index in [1.165, 1.54) is 24.3 Å². The molecule has 0 radical (unpaired) electrons. The normalized spacial score (nSPS) is 13.0. The third-order valence-corrected chi connectivity index (χ3v) is 4.85. The molecule has 0 saturated heterocycles. The van der Waals surface area contributed by atoms with Crippen molar-refractivity contribution in [3.63, 3.8) is 0 Å². The average molecular weight is 578 g/mol. The number of benzene rings is 2. The van der Waals surface area contributed by atoms with E-state index in [2.05, 4.69) is 9.98 Å². The fraction of sp³-hybridized carbons (Fsp3) is 0.217. The molecule has 0 N–H and O–H groups in total. The Bertz CT molecular complexity index is 1090. The fourth-order valence-electron chi connectivity index (χ4n) is 3.19. The van der Waals surface area contributed by atoms with Crippen molar-refractivity contribution in [3.8, 4) is 0 Å². The summed E-state index contributed by atoms with van der Waals surface area (Å²) < 4.78 is 78.0. The minimum absolute atomic E-state index is 0.194. The predicted molar refractivity (Wildman–Crippen MR) is 124 cm³/mol. The molecule has 0 atom stereocenters. The number of halogens is 8. The molecule has 3 nitrogen and oxygen atoms in total. The molecular weight excluding hydrogens is 559 g/mol. The predicted octanol–water partition coefficient (Wildman–Crippen LogP) is 8.72. The van der Waals surface area contributed by atoms with Gasteiger partial charge in [0.05, 0.1) is 45.3 Å². The van der Waals surface area contributed by atoms with Crippen LogP contribution in [0.25, 0.3) is 0 Å². The molecule has 35 heavy (non-hydrogen) atoms. The number of hydrogen-bond donors (Lipinski definition) is 0. The molecule has 190 valence electrons. The summed E-state index contributed by atoms with van der Waals surface area (Å²) in [4.78, 5) is 8.77. The van der Waals surface area contributed by atoms with Crippen LogP contribution in [0.3, 0.4) is 0 Å². The number of aliphatic imine (C=N–C) groups is 2. The molecule has 0 aliphatic carbocycles. The van der Waals surface area contributed by atoms with Gasteiger partial charge in [0.25, 0.3) is 0 Å². The van der Waals surface area contributed by atoms with Crippen LogP contribution >= 0.6 is 20.2 Å². The van der Waals surface area contributed by atoms with Gasteiger partial charge in [-0.15, -0.1) is 0 Å². The summed E-state index contributed by atoms with van der Waals surface area (Å²) in [6.45, 7) is 3.47. The van der Waals surface area contributed by atoms with Crippen LogP contribution in [-0.2, 0) is 32.5 Å². The van der Waals surface area contributed by atoms with Gasteiger partial charge in [0.15, 0.2) is 0 Å². The molecule has 3 rings (SSSR count). The Morgan fingerprint density at radius 3 is 1.20 bits per heavy atom. The van der Waals surface area contributed by atoms with Crippen molar-refractivity contribution >= 4 is 43.0 Å². The van der Waals surface area contributed by atoms with Gasteiger partial charge in [-0.2, -0.15) is 26.3 Å². The zero-order valence-corrected chi connectivity index (χ0v) is 21.1. The monoisotopic (exact) mass is 577 g/mol. The summed E-state index contributed by atoms with van der Waals surface area (Å²) >= 11 is 0.194. The summed E-state index contributed by atoms with van der Waals surface area (Å²) in [6, 6.07) is 12.7. The number of rotatable bonds is 4. The van der Waals surface area contributed by atoms with E-state index in [0.29, 0.717) is 22.8 Å². The Balaban J connectivity index is 0.00000137. The maximum atomic E-state index is 12.7. The molecule has 0 spiro atoms. The van der Waals surface area contributed by atoms with Crippen LogP contribution in [0.1, 0.15) is 36.4 Å². The Morgan fingerprint density at radius 1 is 0.657 bits per heavy atom. The molecule has 2 aromatic carbocycles. The molecule has 1 aromatic heterocycles. The van der Waals surface area contributed by atoms with Gasteiger partial charge >= 0.3 is 45.7 Å². The van der Waals surface area contributed by atoms with E-state index in [1.54, 1.807) is 33.0 Å². The third kappa shape index (κ3) is 8.14. The van der Waals surface area contributed by atoms with E-state index in [9.17, 15) is 26.3 Å². The maximum absolute atomic E-state index is 12.7. The van der Waals surface area contributed by atoms with Crippen LogP contribution in [0, 0.1) is 0 Å². The standard InChI is InChI=1S/C23H19F6N3.2ClH.Fe/c1-14(30-18-8-4-16(5-9-18)22(24,25)26)20-12-13-21(32(20)3)15(2)31-19-10-6-17(7-11-19)23(27,28)29;;;/h4-13H,1-3H3;2*1H;/q;;;+2/p-2. The van der Waals surface area contributed by atoms with Crippen molar-refractivity contribution in [3.05, 3.63) is 83.2 Å². The first kappa shape index (κ1) is 29.0. The van der Waals surface area contributed by atoms with Gasteiger partial charge in [0.2, 0.25) is 0 Å². The first-order valence-electron chi connectivity index (χ1n) is 9.74. The van der Waals surface area contributed by atoms with Crippen LogP contribution in [0.2, 0.25) is 0 Å². The Hall–Kier alpha value is -2.26. The second-order valence-corrected chi connectivity index (χ2v) is 9.02. The second-order valence-electron chi connectivity index (χ2n) is 7.20. The van der Waals surface area contributed by atoms with Gasteiger partial charge in [0, 0.05) is 7.05 Å². The van der Waals surface area contributed by atoms with Gasteiger partial charge in [-0.3, -0.25) is 9.98 Å². The van der Waals surface area contributed by atoms with Gasteiger partial charge in [-0.05, 0) is 74.5 Å². The Morgan fingerprint density at radius 2 is 0.943 bits per heavy atom. The quantitative estimate of drug-likeness (QED) is 0.169. The van der Waals surface area contributed by atoms with E-state index in [0.717, 1.165) is 35.7 Å². The molecule has 0 amide bonds. The van der Waals surface area contributed by atoms with Crippen LogP contribution in [0.4, 0.5) is 37.7 Å². The van der Waals surface area contributed by atoms with Crippen molar-refractivity contribution in [2.24, 2.45) is 17.0 Å². The third-order valence-electron chi connectivity index (χ3n) is 4.85. The molecule has 0 saturated carbocycles. The van der Waals surface area contributed by atoms with E-state index < -0.39 is 23.5 Å². The zero-order chi connectivity index (χ0) is 26.4. The van der Waals surface area contributed by atoms with Gasteiger partial charge < -0.3 is 4.57 Å². The fourth-order valence-corrected chi connectivity index (χ4v) is 3.19. The van der Waals surface area contributed by atoms with Crippen molar-refractivity contribution in [1.82, 2.24) is 4.57 Å². The number of nitrogens with zero attached hydrogens (tertiary/aromatic N) is 3. The van der Waals surface area contributed by atoms with Crippen LogP contribution < -0.4 is 0 Å². The van der Waals surface area contributed by atoms with E-state index >= 15 is 0 Å². The molecule has 0 fully saturated rings. The van der Waals surface area contributed by atoms with Crippen LogP contribution in [-0.4, -0.2) is 16.0 Å². The number of aromatic nitrogens is 1. The van der Waals surface area contributed by atoms with Crippen molar-refractivity contribution in [2.45, 2.75) is 26.2 Å². The summed E-state index contributed by atoms with van der Waals surface area (Å²) in [5.74, 6) is 0. The first-order valence-corrected chi connectivity index (χ1v) is 12.8. The SMILES string of the molecule is CC(=Nc1ccc(C(F)(F)F)cc1)c1ccc(C(C)=Nc2ccc(C(F)(F)F)cc2)n1C.[Cl][Fe][Cl]. The summed E-state index contributed by atoms with van der Waals surface area (Å²) in [5, 5.41) is 0. The summed E-state index contributed by atoms with van der Waals surface area (Å²) in [7, 11) is 11.3. The zero-order valence-electron chi connectivity index (χ0n) is 18.5. The van der Waals surface area contributed by atoms with Crippen molar-refractivity contribution in [2.75, 3.05) is 0 Å². The second kappa shape index (κ2) is 12.1.